The quantitative estimate of drug-likeness (QED) is 0.0993. The minimum absolute atomic E-state index is 0.182. The van der Waals surface area contributed by atoms with Crippen LogP contribution in [-0.4, -0.2) is 48.6 Å². The van der Waals surface area contributed by atoms with Crippen molar-refractivity contribution in [3.8, 4) is 11.5 Å². The lowest BCUT2D eigenvalue weighted by Gasteiger charge is -2.31. The number of aliphatic hydroxyl groups is 1. The number of carbonyl (C=O) groups excluding carboxylic acids is 1. The van der Waals surface area contributed by atoms with Crippen molar-refractivity contribution in [1.29, 1.82) is 0 Å². The molecule has 2 aromatic carbocycles. The molecule has 2 atom stereocenters. The molecule has 0 aliphatic heterocycles. The summed E-state index contributed by atoms with van der Waals surface area (Å²) in [6.45, 7) is 4.82. The zero-order chi connectivity index (χ0) is 33.7. The third-order valence-corrected chi connectivity index (χ3v) is 6.98. The van der Waals surface area contributed by atoms with Gasteiger partial charge >= 0.3 is 28.4 Å². The summed E-state index contributed by atoms with van der Waals surface area (Å²) in [4.78, 5) is 9.19. The molecule has 2 unspecified atom stereocenters. The Kier molecular flexibility index (Phi) is 12.4. The fourth-order valence-corrected chi connectivity index (χ4v) is 3.55. The Morgan fingerprint density at radius 2 is 1.28 bits per heavy atom. The number of rotatable bonds is 9. The van der Waals surface area contributed by atoms with Gasteiger partial charge in [0.15, 0.2) is 16.5 Å². The Morgan fingerprint density at radius 1 is 0.837 bits per heavy atom. The maximum atomic E-state index is 13.5. The van der Waals surface area contributed by atoms with Gasteiger partial charge in [-0.1, -0.05) is 39.8 Å². The zero-order valence-electron chi connectivity index (χ0n) is 22.7. The molecular weight excluding hydrogens is 634 g/mol. The topological polar surface area (TPSA) is 110 Å². The summed E-state index contributed by atoms with van der Waals surface area (Å²) in [6, 6.07) is 5.66. The largest absolute Gasteiger partial charge is 0.490 e. The summed E-state index contributed by atoms with van der Waals surface area (Å²) in [6.07, 6.45) is -10.7. The van der Waals surface area contributed by atoms with Crippen molar-refractivity contribution in [2.24, 2.45) is 5.92 Å². The number of halogens is 10. The molecule has 43 heavy (non-hydrogen) atoms. The SMILES string of the molecule is CCC(C)C(=O)Oc1c(F)c(F)c(S(=O)(=O)O)c(F)c1F.CCC(C)c1ccc(OCC(O)(C(F)(F)F)C(F)(F)F)cc1. The lowest BCUT2D eigenvalue weighted by Crippen LogP contribution is -2.60. The standard InChI is InChI=1S/C14H16F6O2.C11H10F4O5S/c1-3-9(2)10-4-6-11(7-5-10)22-8-12(21,13(15,16)17)14(18,19)20;1-3-4(2)11(16)20-9-5(12)7(14)10(21(17,18)19)8(15)6(9)13/h4-7,9,21H,3,8H2,1-2H3;4H,3H2,1-2H3,(H,17,18,19). The normalized spacial score (nSPS) is 14.0. The number of hydrogen-bond donors (Lipinski definition) is 2. The zero-order valence-corrected chi connectivity index (χ0v) is 23.5. The van der Waals surface area contributed by atoms with Crippen LogP contribution in [0.25, 0.3) is 0 Å². The molecule has 2 aromatic rings. The van der Waals surface area contributed by atoms with Gasteiger partial charge in [0.1, 0.15) is 12.4 Å². The van der Waals surface area contributed by atoms with Crippen LogP contribution in [-0.2, 0) is 14.9 Å². The molecule has 0 spiro atoms. The van der Waals surface area contributed by atoms with Crippen molar-refractivity contribution in [2.75, 3.05) is 6.61 Å². The first-order valence-electron chi connectivity index (χ1n) is 12.1. The predicted molar refractivity (Wildman–Crippen MR) is 129 cm³/mol. The van der Waals surface area contributed by atoms with Gasteiger partial charge in [-0.15, -0.1) is 0 Å². The fourth-order valence-electron chi connectivity index (χ4n) is 2.92. The highest BCUT2D eigenvalue weighted by molar-refractivity contribution is 7.85. The number of carbonyl (C=O) groups is 1. The molecule has 7 nitrogen and oxygen atoms in total. The molecule has 244 valence electrons. The van der Waals surface area contributed by atoms with Crippen LogP contribution in [0, 0.1) is 29.2 Å². The summed E-state index contributed by atoms with van der Waals surface area (Å²) in [5, 5.41) is 8.95. The van der Waals surface area contributed by atoms with Crippen molar-refractivity contribution < 1.29 is 76.2 Å². The van der Waals surface area contributed by atoms with Crippen LogP contribution < -0.4 is 9.47 Å². The second kappa shape index (κ2) is 14.1. The van der Waals surface area contributed by atoms with Gasteiger partial charge in [-0.3, -0.25) is 9.35 Å². The highest BCUT2D eigenvalue weighted by Gasteiger charge is 2.71. The van der Waals surface area contributed by atoms with Gasteiger partial charge in [-0.25, -0.2) is 8.78 Å². The smallest absolute Gasteiger partial charge is 0.429 e. The van der Waals surface area contributed by atoms with Gasteiger partial charge < -0.3 is 14.6 Å². The lowest BCUT2D eigenvalue weighted by atomic mass is 9.99. The molecule has 2 rings (SSSR count). The highest BCUT2D eigenvalue weighted by atomic mass is 32.2. The van der Waals surface area contributed by atoms with E-state index < -0.39 is 80.5 Å². The summed E-state index contributed by atoms with van der Waals surface area (Å²) in [5.41, 5.74) is -4.02. The van der Waals surface area contributed by atoms with Gasteiger partial charge in [0.2, 0.25) is 17.4 Å². The summed E-state index contributed by atoms with van der Waals surface area (Å²) < 4.78 is 167. The van der Waals surface area contributed by atoms with Gasteiger partial charge in [-0.2, -0.15) is 43.5 Å². The maximum Gasteiger partial charge on any atom is 0.429 e. The minimum Gasteiger partial charge on any atom is -0.490 e. The minimum atomic E-state index is -5.89. The van der Waals surface area contributed by atoms with Crippen LogP contribution >= 0.6 is 0 Å². The van der Waals surface area contributed by atoms with Crippen LogP contribution in [0.1, 0.15) is 52.0 Å². The van der Waals surface area contributed by atoms with Gasteiger partial charge in [-0.05, 0) is 36.5 Å². The molecule has 0 amide bonds. The van der Waals surface area contributed by atoms with E-state index in [-0.39, 0.29) is 18.1 Å². The van der Waals surface area contributed by atoms with Crippen LogP contribution in [0.5, 0.6) is 11.5 Å². The molecule has 0 bridgehead atoms. The number of esters is 1. The Bertz CT molecular complexity index is 1330. The van der Waals surface area contributed by atoms with Crippen LogP contribution in [0.2, 0.25) is 0 Å². The molecule has 0 aromatic heterocycles. The van der Waals surface area contributed by atoms with Gasteiger partial charge in [0, 0.05) is 0 Å². The number of alkyl halides is 6. The van der Waals surface area contributed by atoms with E-state index >= 15 is 0 Å². The Labute approximate surface area is 239 Å². The van der Waals surface area contributed by atoms with Crippen molar-refractivity contribution >= 4 is 16.1 Å². The Hall–Kier alpha value is -3.12. The second-order valence-corrected chi connectivity index (χ2v) is 10.5. The maximum absolute atomic E-state index is 13.5. The first-order valence-corrected chi connectivity index (χ1v) is 13.5. The van der Waals surface area contributed by atoms with E-state index in [0.717, 1.165) is 12.0 Å². The molecule has 0 heterocycles. The van der Waals surface area contributed by atoms with Crippen molar-refractivity contribution in [1.82, 2.24) is 0 Å². The molecule has 0 fully saturated rings. The van der Waals surface area contributed by atoms with Crippen LogP contribution in [0.3, 0.4) is 0 Å². The average Bonchev–Trinajstić information content (AvgIpc) is 2.90. The Morgan fingerprint density at radius 3 is 1.63 bits per heavy atom. The first-order chi connectivity index (χ1) is 19.4. The number of hydrogen-bond acceptors (Lipinski definition) is 6. The van der Waals surface area contributed by atoms with Crippen LogP contribution in [0.4, 0.5) is 43.9 Å². The van der Waals surface area contributed by atoms with E-state index in [2.05, 4.69) is 9.47 Å². The third kappa shape index (κ3) is 8.95. The summed E-state index contributed by atoms with van der Waals surface area (Å²) in [7, 11) is -5.55. The molecule has 0 saturated carbocycles. The monoisotopic (exact) mass is 660 g/mol. The van der Waals surface area contributed by atoms with Gasteiger partial charge in [0.05, 0.1) is 5.92 Å². The van der Waals surface area contributed by atoms with E-state index in [9.17, 15) is 57.1 Å². The molecular formula is C25H26F10O7S. The van der Waals surface area contributed by atoms with Gasteiger partial charge in [0.25, 0.3) is 5.60 Å². The van der Waals surface area contributed by atoms with E-state index in [1.54, 1.807) is 19.1 Å². The predicted octanol–water partition coefficient (Wildman–Crippen LogP) is 6.88. The van der Waals surface area contributed by atoms with E-state index in [1.807, 2.05) is 13.8 Å². The van der Waals surface area contributed by atoms with E-state index in [4.69, 9.17) is 9.66 Å². The first kappa shape index (κ1) is 37.9. The Balaban J connectivity index is 0.000000430. The molecule has 0 aliphatic rings. The number of ether oxygens (including phenoxy) is 2. The molecule has 18 heteroatoms. The lowest BCUT2D eigenvalue weighted by molar-refractivity contribution is -0.373. The summed E-state index contributed by atoms with van der Waals surface area (Å²) in [5.74, 6) is -12.9. The van der Waals surface area contributed by atoms with E-state index in [0.29, 0.717) is 0 Å². The molecule has 2 N–H and O–H groups in total. The highest BCUT2D eigenvalue weighted by Crippen LogP contribution is 2.43. The van der Waals surface area contributed by atoms with E-state index in [1.165, 1.54) is 19.1 Å². The molecule has 0 saturated heterocycles. The molecule has 0 aliphatic carbocycles. The fraction of sp³-hybridized carbons (Fsp3) is 0.480. The second-order valence-electron chi connectivity index (χ2n) is 9.14. The number of benzene rings is 2. The van der Waals surface area contributed by atoms with Crippen molar-refractivity contribution in [3.63, 3.8) is 0 Å². The van der Waals surface area contributed by atoms with Crippen LogP contribution in [0.15, 0.2) is 29.2 Å². The summed E-state index contributed by atoms with van der Waals surface area (Å²) >= 11 is 0. The van der Waals surface area contributed by atoms with Crippen molar-refractivity contribution in [3.05, 3.63) is 53.1 Å². The molecule has 0 radical (unpaired) electrons. The average molecular weight is 661 g/mol. The third-order valence-electron chi connectivity index (χ3n) is 6.11. The van der Waals surface area contributed by atoms with Crippen molar-refractivity contribution in [2.45, 2.75) is 69.3 Å².